The summed E-state index contributed by atoms with van der Waals surface area (Å²) in [6.45, 7) is 4.61. The van der Waals surface area contributed by atoms with E-state index in [1.54, 1.807) is 0 Å². The van der Waals surface area contributed by atoms with E-state index in [0.29, 0.717) is 5.56 Å². The smallest absolute Gasteiger partial charge is 0.0991 e. The molecule has 0 unspecified atom stereocenters. The van der Waals surface area contributed by atoms with Crippen molar-refractivity contribution in [3.05, 3.63) is 83.9 Å². The van der Waals surface area contributed by atoms with E-state index >= 15 is 0 Å². The number of hydrogen-bond acceptors (Lipinski definition) is 1. The molecule has 27 heavy (non-hydrogen) atoms. The Morgan fingerprint density at radius 2 is 1.19 bits per heavy atom. The Bertz CT molecular complexity index is 881. The third kappa shape index (κ3) is 5.08. The molecule has 0 aromatic heterocycles. The molecule has 1 heteroatoms. The summed E-state index contributed by atoms with van der Waals surface area (Å²) >= 11 is 0. The van der Waals surface area contributed by atoms with Gasteiger partial charge in [-0.2, -0.15) is 5.26 Å². The molecule has 136 valence electrons. The summed E-state index contributed by atoms with van der Waals surface area (Å²) in [6, 6.07) is 27.5. The predicted octanol–water partition coefficient (Wildman–Crippen LogP) is 7.26. The summed E-state index contributed by atoms with van der Waals surface area (Å²) < 4.78 is 0. The van der Waals surface area contributed by atoms with Crippen molar-refractivity contribution < 1.29 is 0 Å². The summed E-state index contributed by atoms with van der Waals surface area (Å²) in [5.41, 5.74) is 6.92. The molecule has 0 amide bonds. The largest absolute Gasteiger partial charge is 0.192 e. The number of nitriles is 1. The van der Waals surface area contributed by atoms with Crippen molar-refractivity contribution in [2.24, 2.45) is 5.92 Å². The Morgan fingerprint density at radius 3 is 1.63 bits per heavy atom. The molecule has 3 aromatic rings. The SMILES string of the molecule is CC[C@@H](C)CCCc1ccc(-c2ccc(-c3ccc(C#N)cc3)cc2)cc1. The van der Waals surface area contributed by atoms with Crippen molar-refractivity contribution >= 4 is 0 Å². The first-order chi connectivity index (χ1) is 13.2. The highest BCUT2D eigenvalue weighted by atomic mass is 14.2. The zero-order chi connectivity index (χ0) is 19.1. The fraction of sp³-hybridized carbons (Fsp3) is 0.269. The van der Waals surface area contributed by atoms with Crippen molar-refractivity contribution in [2.75, 3.05) is 0 Å². The molecule has 0 N–H and O–H groups in total. The molecular weight excluding hydrogens is 326 g/mol. The maximum atomic E-state index is 8.91. The minimum atomic E-state index is 0.694. The second-order valence-electron chi connectivity index (χ2n) is 7.37. The van der Waals surface area contributed by atoms with Crippen molar-refractivity contribution in [1.29, 1.82) is 5.26 Å². The molecule has 0 aliphatic rings. The van der Waals surface area contributed by atoms with E-state index in [-0.39, 0.29) is 0 Å². The van der Waals surface area contributed by atoms with Crippen molar-refractivity contribution in [3.8, 4) is 28.3 Å². The van der Waals surface area contributed by atoms with Crippen LogP contribution in [0.25, 0.3) is 22.3 Å². The summed E-state index contributed by atoms with van der Waals surface area (Å²) in [5.74, 6) is 0.832. The Kier molecular flexibility index (Phi) is 6.44. The molecule has 1 atom stereocenters. The highest BCUT2D eigenvalue weighted by Gasteiger charge is 2.03. The van der Waals surface area contributed by atoms with Crippen LogP contribution in [0.4, 0.5) is 0 Å². The van der Waals surface area contributed by atoms with Gasteiger partial charge in [0.25, 0.3) is 0 Å². The van der Waals surface area contributed by atoms with Crippen LogP contribution in [0.2, 0.25) is 0 Å². The molecule has 1 nitrogen and oxygen atoms in total. The van der Waals surface area contributed by atoms with Gasteiger partial charge in [-0.15, -0.1) is 0 Å². The second-order valence-corrected chi connectivity index (χ2v) is 7.37. The highest BCUT2D eigenvalue weighted by Crippen LogP contribution is 2.26. The van der Waals surface area contributed by atoms with Gasteiger partial charge in [-0.05, 0) is 58.7 Å². The van der Waals surface area contributed by atoms with E-state index in [1.165, 1.54) is 47.9 Å². The molecule has 0 radical (unpaired) electrons. The number of hydrogen-bond donors (Lipinski definition) is 0. The molecular formula is C26H27N. The van der Waals surface area contributed by atoms with Crippen molar-refractivity contribution in [1.82, 2.24) is 0 Å². The monoisotopic (exact) mass is 353 g/mol. The van der Waals surface area contributed by atoms with E-state index in [2.05, 4.69) is 68.4 Å². The number of benzene rings is 3. The summed E-state index contributed by atoms with van der Waals surface area (Å²) in [5, 5.41) is 8.91. The van der Waals surface area contributed by atoms with Crippen molar-refractivity contribution in [3.63, 3.8) is 0 Å². The van der Waals surface area contributed by atoms with Gasteiger partial charge in [0, 0.05) is 0 Å². The average Bonchev–Trinajstić information content (AvgIpc) is 2.74. The molecule has 0 aliphatic heterocycles. The second kappa shape index (κ2) is 9.19. The fourth-order valence-corrected chi connectivity index (χ4v) is 3.31. The third-order valence-corrected chi connectivity index (χ3v) is 5.38. The molecule has 0 saturated heterocycles. The Labute approximate surface area is 163 Å². The lowest BCUT2D eigenvalue weighted by Crippen LogP contribution is -1.94. The topological polar surface area (TPSA) is 23.8 Å². The number of nitrogens with zero attached hydrogens (tertiary/aromatic N) is 1. The molecule has 0 aliphatic carbocycles. The van der Waals surface area contributed by atoms with E-state index < -0.39 is 0 Å². The maximum Gasteiger partial charge on any atom is 0.0991 e. The highest BCUT2D eigenvalue weighted by molar-refractivity contribution is 5.70. The van der Waals surface area contributed by atoms with Gasteiger partial charge < -0.3 is 0 Å². The minimum absolute atomic E-state index is 0.694. The summed E-state index contributed by atoms with van der Waals surface area (Å²) in [4.78, 5) is 0. The van der Waals surface area contributed by atoms with Crippen LogP contribution >= 0.6 is 0 Å². The zero-order valence-corrected chi connectivity index (χ0v) is 16.3. The molecule has 0 saturated carbocycles. The van der Waals surface area contributed by atoms with E-state index in [4.69, 9.17) is 5.26 Å². The third-order valence-electron chi connectivity index (χ3n) is 5.38. The van der Waals surface area contributed by atoms with E-state index in [0.717, 1.165) is 11.5 Å². The Balaban J connectivity index is 1.65. The van der Waals surface area contributed by atoms with E-state index in [1.807, 2.05) is 24.3 Å². The van der Waals surface area contributed by atoms with Crippen LogP contribution in [0.15, 0.2) is 72.8 Å². The zero-order valence-electron chi connectivity index (χ0n) is 16.3. The Hall–Kier alpha value is -2.85. The average molecular weight is 354 g/mol. The van der Waals surface area contributed by atoms with Crippen molar-refractivity contribution in [2.45, 2.75) is 39.5 Å². The van der Waals surface area contributed by atoms with Crippen LogP contribution in [-0.2, 0) is 6.42 Å². The van der Waals surface area contributed by atoms with E-state index in [9.17, 15) is 0 Å². The van der Waals surface area contributed by atoms with Crippen LogP contribution in [0.3, 0.4) is 0 Å². The van der Waals surface area contributed by atoms with Gasteiger partial charge in [-0.3, -0.25) is 0 Å². The van der Waals surface area contributed by atoms with Crippen LogP contribution < -0.4 is 0 Å². The van der Waals surface area contributed by atoms with Gasteiger partial charge >= 0.3 is 0 Å². The fourth-order valence-electron chi connectivity index (χ4n) is 3.31. The standard InChI is InChI=1S/C26H27N/c1-3-20(2)5-4-6-21-7-11-23(12-8-21)25-15-17-26(18-16-25)24-13-9-22(19-27)10-14-24/h7-18,20H,3-6H2,1-2H3/t20-/m1/s1. The lowest BCUT2D eigenvalue weighted by atomic mass is 9.97. The first-order valence-electron chi connectivity index (χ1n) is 9.89. The van der Waals surface area contributed by atoms with Crippen LogP contribution in [0, 0.1) is 17.2 Å². The molecule has 3 aromatic carbocycles. The number of aryl methyl sites for hydroxylation is 1. The van der Waals surface area contributed by atoms with Gasteiger partial charge in [0.2, 0.25) is 0 Å². The minimum Gasteiger partial charge on any atom is -0.192 e. The van der Waals surface area contributed by atoms with Gasteiger partial charge in [0.05, 0.1) is 11.6 Å². The first-order valence-corrected chi connectivity index (χ1v) is 9.89. The van der Waals surface area contributed by atoms with Crippen LogP contribution in [-0.4, -0.2) is 0 Å². The van der Waals surface area contributed by atoms with Gasteiger partial charge in [-0.25, -0.2) is 0 Å². The van der Waals surface area contributed by atoms with Gasteiger partial charge in [0.1, 0.15) is 0 Å². The maximum absolute atomic E-state index is 8.91. The summed E-state index contributed by atoms with van der Waals surface area (Å²) in [7, 11) is 0. The predicted molar refractivity (Wildman–Crippen MR) is 114 cm³/mol. The molecule has 0 spiro atoms. The lowest BCUT2D eigenvalue weighted by molar-refractivity contribution is 0.496. The molecule has 0 heterocycles. The first kappa shape index (κ1) is 18.9. The normalized spacial score (nSPS) is 11.7. The number of rotatable bonds is 7. The molecule has 0 fully saturated rings. The molecule has 3 rings (SSSR count). The Morgan fingerprint density at radius 1 is 0.741 bits per heavy atom. The lowest BCUT2D eigenvalue weighted by Gasteiger charge is -2.09. The van der Waals surface area contributed by atoms with Gasteiger partial charge in [-0.1, -0.05) is 87.4 Å². The van der Waals surface area contributed by atoms with Gasteiger partial charge in [0.15, 0.2) is 0 Å². The van der Waals surface area contributed by atoms with Crippen LogP contribution in [0.5, 0.6) is 0 Å². The quantitative estimate of drug-likeness (QED) is 0.438. The molecule has 0 bridgehead atoms. The summed E-state index contributed by atoms with van der Waals surface area (Å²) in [6.07, 6.45) is 5.03. The van der Waals surface area contributed by atoms with Crippen LogP contribution in [0.1, 0.15) is 44.2 Å².